The van der Waals surface area contributed by atoms with E-state index in [-0.39, 0.29) is 0 Å². The van der Waals surface area contributed by atoms with Crippen LogP contribution in [0.4, 0.5) is 11.4 Å². The Morgan fingerprint density at radius 1 is 1.53 bits per heavy atom. The summed E-state index contributed by atoms with van der Waals surface area (Å²) in [7, 11) is 1.71. The average molecular weight is 273 g/mol. The lowest BCUT2D eigenvalue weighted by molar-refractivity contribution is 0.191. The monoisotopic (exact) mass is 272 g/mol. The molecule has 3 nitrogen and oxygen atoms in total. The molecule has 0 radical (unpaired) electrons. The molecule has 1 atom stereocenters. The van der Waals surface area contributed by atoms with Crippen molar-refractivity contribution in [2.24, 2.45) is 0 Å². The Kier molecular flexibility index (Phi) is 4.91. The summed E-state index contributed by atoms with van der Waals surface area (Å²) >= 11 is 3.42. The minimum Gasteiger partial charge on any atom is -0.397 e. The molecule has 4 heteroatoms. The van der Waals surface area contributed by atoms with Crippen LogP contribution in [-0.2, 0) is 4.74 Å². The molecule has 3 N–H and O–H groups in total. The molecule has 0 aromatic heterocycles. The number of rotatable bonds is 5. The molecule has 0 fully saturated rings. The van der Waals surface area contributed by atoms with Gasteiger partial charge in [-0.05, 0) is 31.5 Å². The van der Waals surface area contributed by atoms with Crippen molar-refractivity contribution >= 4 is 27.3 Å². The van der Waals surface area contributed by atoms with Gasteiger partial charge >= 0.3 is 0 Å². The van der Waals surface area contributed by atoms with Crippen molar-refractivity contribution in [1.82, 2.24) is 0 Å². The third kappa shape index (κ3) is 4.10. The van der Waals surface area contributed by atoms with Gasteiger partial charge in [0.05, 0.1) is 11.4 Å². The maximum atomic E-state index is 5.85. The molecular formula is C11H17BrN2O. The third-order valence-electron chi connectivity index (χ3n) is 2.17. The van der Waals surface area contributed by atoms with Crippen molar-refractivity contribution in [1.29, 1.82) is 0 Å². The minimum absolute atomic E-state index is 0.349. The van der Waals surface area contributed by atoms with E-state index in [1.807, 2.05) is 18.2 Å². The van der Waals surface area contributed by atoms with Crippen molar-refractivity contribution in [2.75, 3.05) is 24.8 Å². The lowest BCUT2D eigenvalue weighted by Gasteiger charge is -2.16. The highest BCUT2D eigenvalue weighted by molar-refractivity contribution is 9.10. The number of nitrogens with one attached hydrogen (secondary N) is 1. The first-order chi connectivity index (χ1) is 7.13. The van der Waals surface area contributed by atoms with Gasteiger partial charge in [0.25, 0.3) is 0 Å². The molecule has 15 heavy (non-hydrogen) atoms. The van der Waals surface area contributed by atoms with Crippen LogP contribution in [0.1, 0.15) is 13.3 Å². The number of nitrogens with two attached hydrogens (primary N) is 1. The maximum absolute atomic E-state index is 5.85. The van der Waals surface area contributed by atoms with Crippen LogP contribution in [0.25, 0.3) is 0 Å². The molecule has 1 aromatic carbocycles. The number of benzene rings is 1. The summed E-state index contributed by atoms with van der Waals surface area (Å²) < 4.78 is 6.05. The van der Waals surface area contributed by atoms with Crippen LogP contribution < -0.4 is 11.1 Å². The maximum Gasteiger partial charge on any atom is 0.0587 e. The quantitative estimate of drug-likeness (QED) is 0.811. The van der Waals surface area contributed by atoms with E-state index in [4.69, 9.17) is 10.5 Å². The summed E-state index contributed by atoms with van der Waals surface area (Å²) in [5.74, 6) is 0. The fourth-order valence-electron chi connectivity index (χ4n) is 1.29. The number of hydrogen-bond acceptors (Lipinski definition) is 3. The number of halogens is 1. The minimum atomic E-state index is 0.349. The molecule has 0 heterocycles. The molecular weight excluding hydrogens is 256 g/mol. The molecule has 1 unspecified atom stereocenters. The highest BCUT2D eigenvalue weighted by Crippen LogP contribution is 2.24. The lowest BCUT2D eigenvalue weighted by Crippen LogP contribution is -2.18. The van der Waals surface area contributed by atoms with E-state index >= 15 is 0 Å². The molecule has 0 amide bonds. The van der Waals surface area contributed by atoms with Gasteiger partial charge in [-0.2, -0.15) is 0 Å². The molecule has 0 bridgehead atoms. The smallest absolute Gasteiger partial charge is 0.0587 e. The zero-order valence-corrected chi connectivity index (χ0v) is 10.7. The molecule has 0 aliphatic heterocycles. The fraction of sp³-hybridized carbons (Fsp3) is 0.455. The van der Waals surface area contributed by atoms with E-state index in [1.165, 1.54) is 0 Å². The van der Waals surface area contributed by atoms with Crippen LogP contribution in [0.15, 0.2) is 22.7 Å². The van der Waals surface area contributed by atoms with Crippen molar-refractivity contribution < 1.29 is 4.74 Å². The SMILES string of the molecule is COCCC(C)Nc1cc(Br)ccc1N. The summed E-state index contributed by atoms with van der Waals surface area (Å²) in [5.41, 5.74) is 7.58. The molecule has 84 valence electrons. The van der Waals surface area contributed by atoms with Crippen LogP contribution in [0, 0.1) is 0 Å². The Hall–Kier alpha value is -0.740. The van der Waals surface area contributed by atoms with Crippen LogP contribution >= 0.6 is 15.9 Å². The normalized spacial score (nSPS) is 12.5. The van der Waals surface area contributed by atoms with Crippen LogP contribution in [0.2, 0.25) is 0 Å². The topological polar surface area (TPSA) is 47.3 Å². The first kappa shape index (κ1) is 12.3. The van der Waals surface area contributed by atoms with Gasteiger partial charge in [0.2, 0.25) is 0 Å². The molecule has 0 spiro atoms. The number of hydrogen-bond donors (Lipinski definition) is 2. The Bertz CT molecular complexity index is 317. The van der Waals surface area contributed by atoms with Gasteiger partial charge in [-0.15, -0.1) is 0 Å². The Morgan fingerprint density at radius 2 is 2.27 bits per heavy atom. The van der Waals surface area contributed by atoms with E-state index in [0.29, 0.717) is 6.04 Å². The Labute approximate surface area is 99.1 Å². The summed E-state index contributed by atoms with van der Waals surface area (Å²) in [5, 5.41) is 3.35. The van der Waals surface area contributed by atoms with E-state index in [0.717, 1.165) is 28.9 Å². The summed E-state index contributed by atoms with van der Waals surface area (Å²) in [6.45, 7) is 2.86. The molecule has 1 rings (SSSR count). The van der Waals surface area contributed by atoms with Gasteiger partial charge in [0.15, 0.2) is 0 Å². The molecule has 0 saturated heterocycles. The number of methoxy groups -OCH3 is 1. The van der Waals surface area contributed by atoms with Crippen LogP contribution in [-0.4, -0.2) is 19.8 Å². The third-order valence-corrected chi connectivity index (χ3v) is 2.67. The van der Waals surface area contributed by atoms with Gasteiger partial charge < -0.3 is 15.8 Å². The second kappa shape index (κ2) is 5.98. The molecule has 0 aliphatic rings. The van der Waals surface area contributed by atoms with E-state index in [1.54, 1.807) is 7.11 Å². The van der Waals surface area contributed by atoms with Crippen molar-refractivity contribution in [2.45, 2.75) is 19.4 Å². The van der Waals surface area contributed by atoms with E-state index in [2.05, 4.69) is 28.2 Å². The summed E-state index contributed by atoms with van der Waals surface area (Å²) in [4.78, 5) is 0. The largest absolute Gasteiger partial charge is 0.397 e. The standard InChI is InChI=1S/C11H17BrN2O/c1-8(5-6-15-2)14-11-7-9(12)3-4-10(11)13/h3-4,7-8,14H,5-6,13H2,1-2H3. The van der Waals surface area contributed by atoms with Crippen molar-refractivity contribution in [3.8, 4) is 0 Å². The number of anilines is 2. The Balaban J connectivity index is 2.59. The van der Waals surface area contributed by atoms with Gasteiger partial charge in [0, 0.05) is 24.2 Å². The number of ether oxygens (including phenoxy) is 1. The van der Waals surface area contributed by atoms with E-state index < -0.39 is 0 Å². The predicted molar refractivity (Wildman–Crippen MR) is 68.1 cm³/mol. The zero-order chi connectivity index (χ0) is 11.3. The fourth-order valence-corrected chi connectivity index (χ4v) is 1.65. The highest BCUT2D eigenvalue weighted by atomic mass is 79.9. The van der Waals surface area contributed by atoms with Gasteiger partial charge in [-0.1, -0.05) is 15.9 Å². The first-order valence-corrected chi connectivity index (χ1v) is 5.73. The second-order valence-electron chi connectivity index (χ2n) is 3.56. The highest BCUT2D eigenvalue weighted by Gasteiger charge is 2.04. The summed E-state index contributed by atoms with van der Waals surface area (Å²) in [6, 6.07) is 6.15. The number of nitrogen functional groups attached to an aromatic ring is 1. The van der Waals surface area contributed by atoms with Gasteiger partial charge in [-0.3, -0.25) is 0 Å². The molecule has 0 aliphatic carbocycles. The Morgan fingerprint density at radius 3 is 2.93 bits per heavy atom. The second-order valence-corrected chi connectivity index (χ2v) is 4.47. The molecule has 0 saturated carbocycles. The predicted octanol–water partition coefficient (Wildman–Crippen LogP) is 2.87. The lowest BCUT2D eigenvalue weighted by atomic mass is 10.2. The van der Waals surface area contributed by atoms with Crippen LogP contribution in [0.3, 0.4) is 0 Å². The molecule has 1 aromatic rings. The average Bonchev–Trinajstić information content (AvgIpc) is 2.20. The summed E-state index contributed by atoms with van der Waals surface area (Å²) in [6.07, 6.45) is 0.961. The van der Waals surface area contributed by atoms with Gasteiger partial charge in [0.1, 0.15) is 0 Å². The van der Waals surface area contributed by atoms with E-state index in [9.17, 15) is 0 Å². The van der Waals surface area contributed by atoms with Gasteiger partial charge in [-0.25, -0.2) is 0 Å². The van der Waals surface area contributed by atoms with Crippen molar-refractivity contribution in [3.05, 3.63) is 22.7 Å². The van der Waals surface area contributed by atoms with Crippen LogP contribution in [0.5, 0.6) is 0 Å². The van der Waals surface area contributed by atoms with Crippen molar-refractivity contribution in [3.63, 3.8) is 0 Å². The zero-order valence-electron chi connectivity index (χ0n) is 9.09. The first-order valence-electron chi connectivity index (χ1n) is 4.94.